The normalized spacial score (nSPS) is 12.9. The summed E-state index contributed by atoms with van der Waals surface area (Å²) >= 11 is 0. The predicted molar refractivity (Wildman–Crippen MR) is 297 cm³/mol. The lowest BCUT2D eigenvalue weighted by atomic mass is 10.1. The van der Waals surface area contributed by atoms with E-state index in [2.05, 4.69) is 130 Å². The van der Waals surface area contributed by atoms with Gasteiger partial charge in [-0.25, -0.2) is 0 Å². The number of carbonyl (C=O) groups excluding carboxylic acids is 3. The van der Waals surface area contributed by atoms with Crippen molar-refractivity contribution in [2.75, 3.05) is 13.2 Å². The van der Waals surface area contributed by atoms with Crippen LogP contribution in [-0.2, 0) is 28.6 Å². The molecule has 0 radical (unpaired) electrons. The molecule has 0 saturated carbocycles. The third-order valence-electron chi connectivity index (χ3n) is 11.7. The fourth-order valence-corrected chi connectivity index (χ4v) is 7.48. The van der Waals surface area contributed by atoms with Crippen molar-refractivity contribution in [1.82, 2.24) is 0 Å². The van der Waals surface area contributed by atoms with E-state index in [1.807, 2.05) is 0 Å². The summed E-state index contributed by atoms with van der Waals surface area (Å²) in [7, 11) is 0. The molecule has 69 heavy (non-hydrogen) atoms. The van der Waals surface area contributed by atoms with E-state index < -0.39 is 6.10 Å². The van der Waals surface area contributed by atoms with Gasteiger partial charge in [-0.3, -0.25) is 14.4 Å². The van der Waals surface area contributed by atoms with Crippen molar-refractivity contribution >= 4 is 17.9 Å². The molecule has 0 N–H and O–H groups in total. The van der Waals surface area contributed by atoms with Gasteiger partial charge in [-0.15, -0.1) is 0 Å². The van der Waals surface area contributed by atoms with Crippen LogP contribution in [0.4, 0.5) is 0 Å². The van der Waals surface area contributed by atoms with Gasteiger partial charge < -0.3 is 14.2 Å². The van der Waals surface area contributed by atoms with E-state index in [1.165, 1.54) is 57.8 Å². The van der Waals surface area contributed by atoms with E-state index in [0.29, 0.717) is 19.3 Å². The van der Waals surface area contributed by atoms with Gasteiger partial charge in [-0.1, -0.05) is 220 Å². The maximum Gasteiger partial charge on any atom is 0.306 e. The minimum absolute atomic E-state index is 0.0959. The van der Waals surface area contributed by atoms with Crippen LogP contribution in [0.3, 0.4) is 0 Å². The predicted octanol–water partition coefficient (Wildman–Crippen LogP) is 19.1. The fraction of sp³-hybridized carbons (Fsp3) is 0.667. The highest BCUT2D eigenvalue weighted by molar-refractivity contribution is 5.71. The van der Waals surface area contributed by atoms with Crippen molar-refractivity contribution in [2.45, 2.75) is 258 Å². The zero-order valence-corrected chi connectivity index (χ0v) is 44.8. The molecule has 0 aliphatic rings. The first-order valence-electron chi connectivity index (χ1n) is 28.4. The fourth-order valence-electron chi connectivity index (χ4n) is 7.48. The van der Waals surface area contributed by atoms with Gasteiger partial charge in [-0.05, 0) is 122 Å². The Morgan fingerprint density at radius 1 is 0.304 bits per heavy atom. The molecule has 0 aromatic carbocycles. The maximum atomic E-state index is 12.8. The minimum Gasteiger partial charge on any atom is -0.462 e. The monoisotopic (exact) mass is 957 g/mol. The van der Waals surface area contributed by atoms with Gasteiger partial charge >= 0.3 is 17.9 Å². The number of rotatable bonds is 50. The SMILES string of the molecule is CC/C=C\C/C=C\C/C=C\C/C=C\C/C=C\CCCCCCCCCC(=O)OCC(COC(=O)CCCCCCC/C=C\C/C=C\CCC)OC(=O)CCCCCCC/C=C\C/C=C\CCCCC. The zero-order valence-electron chi connectivity index (χ0n) is 44.8. The molecule has 0 heterocycles. The van der Waals surface area contributed by atoms with E-state index in [-0.39, 0.29) is 31.1 Å². The highest BCUT2D eigenvalue weighted by atomic mass is 16.6. The summed E-state index contributed by atoms with van der Waals surface area (Å²) in [5.74, 6) is -0.935. The molecule has 392 valence electrons. The molecular formula is C63H104O6. The van der Waals surface area contributed by atoms with Gasteiger partial charge in [0.25, 0.3) is 0 Å². The molecule has 0 bridgehead atoms. The quantitative estimate of drug-likeness (QED) is 0.0262. The molecule has 0 spiro atoms. The van der Waals surface area contributed by atoms with Gasteiger partial charge in [0.15, 0.2) is 6.10 Å². The topological polar surface area (TPSA) is 78.9 Å². The first-order valence-corrected chi connectivity index (χ1v) is 28.4. The Bertz CT molecular complexity index is 1420. The lowest BCUT2D eigenvalue weighted by molar-refractivity contribution is -0.167. The zero-order chi connectivity index (χ0) is 50.0. The first-order chi connectivity index (χ1) is 34.0. The largest absolute Gasteiger partial charge is 0.462 e. The summed E-state index contributed by atoms with van der Waals surface area (Å²) < 4.78 is 16.8. The number of unbranched alkanes of at least 4 members (excludes halogenated alkanes) is 21. The molecule has 0 rings (SSSR count). The summed E-state index contributed by atoms with van der Waals surface area (Å²) in [6.45, 7) is 6.40. The third-order valence-corrected chi connectivity index (χ3v) is 11.7. The Hall–Kier alpha value is -3.93. The van der Waals surface area contributed by atoms with Crippen LogP contribution >= 0.6 is 0 Å². The van der Waals surface area contributed by atoms with Crippen LogP contribution in [0, 0.1) is 0 Å². The lowest BCUT2D eigenvalue weighted by Crippen LogP contribution is -2.30. The van der Waals surface area contributed by atoms with Crippen molar-refractivity contribution in [1.29, 1.82) is 0 Å². The van der Waals surface area contributed by atoms with Crippen LogP contribution in [0.2, 0.25) is 0 Å². The van der Waals surface area contributed by atoms with Gasteiger partial charge in [-0.2, -0.15) is 0 Å². The molecule has 0 amide bonds. The van der Waals surface area contributed by atoms with Crippen molar-refractivity contribution in [3.05, 3.63) is 109 Å². The van der Waals surface area contributed by atoms with Crippen LogP contribution in [-0.4, -0.2) is 37.2 Å². The van der Waals surface area contributed by atoms with E-state index in [1.54, 1.807) is 0 Å². The molecule has 0 saturated heterocycles. The average molecular weight is 958 g/mol. The van der Waals surface area contributed by atoms with Crippen LogP contribution in [0.15, 0.2) is 109 Å². The van der Waals surface area contributed by atoms with Gasteiger partial charge in [0, 0.05) is 19.3 Å². The lowest BCUT2D eigenvalue weighted by Gasteiger charge is -2.18. The van der Waals surface area contributed by atoms with Crippen LogP contribution < -0.4 is 0 Å². The molecule has 0 aliphatic carbocycles. The van der Waals surface area contributed by atoms with E-state index in [9.17, 15) is 14.4 Å². The van der Waals surface area contributed by atoms with Crippen LogP contribution in [0.1, 0.15) is 252 Å². The van der Waals surface area contributed by atoms with Crippen molar-refractivity contribution < 1.29 is 28.6 Å². The number of allylic oxidation sites excluding steroid dienone is 18. The molecule has 6 heteroatoms. The Balaban J connectivity index is 4.40. The molecule has 1 atom stereocenters. The summed E-state index contributed by atoms with van der Waals surface area (Å²) in [6, 6.07) is 0. The van der Waals surface area contributed by atoms with Gasteiger partial charge in [0.1, 0.15) is 13.2 Å². The van der Waals surface area contributed by atoms with E-state index >= 15 is 0 Å². The van der Waals surface area contributed by atoms with Gasteiger partial charge in [0.05, 0.1) is 0 Å². The number of hydrogen-bond acceptors (Lipinski definition) is 6. The summed E-state index contributed by atoms with van der Waals surface area (Å²) in [5, 5.41) is 0. The summed E-state index contributed by atoms with van der Waals surface area (Å²) in [4.78, 5) is 38.1. The van der Waals surface area contributed by atoms with Crippen molar-refractivity contribution in [3.8, 4) is 0 Å². The summed E-state index contributed by atoms with van der Waals surface area (Å²) in [5.41, 5.74) is 0. The number of esters is 3. The van der Waals surface area contributed by atoms with E-state index in [0.717, 1.165) is 154 Å². The molecular weight excluding hydrogens is 853 g/mol. The van der Waals surface area contributed by atoms with E-state index in [4.69, 9.17) is 14.2 Å². The van der Waals surface area contributed by atoms with Crippen LogP contribution in [0.25, 0.3) is 0 Å². The average Bonchev–Trinajstić information content (AvgIpc) is 3.35. The number of hydrogen-bond donors (Lipinski definition) is 0. The highest BCUT2D eigenvalue weighted by Gasteiger charge is 2.19. The molecule has 6 nitrogen and oxygen atoms in total. The number of ether oxygens (including phenoxy) is 3. The Labute approximate surface area is 425 Å². The van der Waals surface area contributed by atoms with Gasteiger partial charge in [0.2, 0.25) is 0 Å². The Morgan fingerprint density at radius 2 is 0.594 bits per heavy atom. The maximum absolute atomic E-state index is 12.8. The molecule has 0 aromatic rings. The molecule has 1 unspecified atom stereocenters. The molecule has 0 aliphatic heterocycles. The second-order valence-electron chi connectivity index (χ2n) is 18.5. The summed E-state index contributed by atoms with van der Waals surface area (Å²) in [6.07, 6.45) is 76.4. The highest BCUT2D eigenvalue weighted by Crippen LogP contribution is 2.14. The Morgan fingerprint density at radius 3 is 0.942 bits per heavy atom. The Kier molecular flexibility index (Phi) is 53.4. The number of carbonyl (C=O) groups is 3. The third kappa shape index (κ3) is 54.9. The van der Waals surface area contributed by atoms with Crippen molar-refractivity contribution in [3.63, 3.8) is 0 Å². The first kappa shape index (κ1) is 65.1. The smallest absolute Gasteiger partial charge is 0.306 e. The standard InChI is InChI=1S/C63H104O6/c1-4-7-10-13-16-19-22-25-27-28-29-30-31-32-33-34-36-38-41-44-47-50-53-56-62(65)68-59-60(58-67-61(64)55-52-49-46-43-40-37-24-21-18-15-12-9-6-3)69-63(66)57-54-51-48-45-42-39-35-26-23-20-17-14-11-8-5-2/h7,10,12,15-17,19-21,24-27,29-30,32-33,35,60H,4-6,8-9,11,13-14,18,22-23,28,31,34,36-59H2,1-3H3/b10-7-,15-12-,19-16-,20-17-,24-21-,27-25-,30-29-,33-32-,35-26-. The second kappa shape index (κ2) is 56.7. The second-order valence-corrected chi connectivity index (χ2v) is 18.5. The van der Waals surface area contributed by atoms with Crippen LogP contribution in [0.5, 0.6) is 0 Å². The molecule has 0 fully saturated rings. The van der Waals surface area contributed by atoms with Crippen molar-refractivity contribution in [2.24, 2.45) is 0 Å². The molecule has 0 aromatic heterocycles. The minimum atomic E-state index is -0.798.